The number of carboxylic acid groups (broad SMARTS) is 1. The highest BCUT2D eigenvalue weighted by molar-refractivity contribution is 5.78. The SMILES string of the molecule is Cc1noc(C)c1C(C)CC(=O)NC1CC(C(=O)O)C1. The number of carboxylic acids is 1. The van der Waals surface area contributed by atoms with E-state index in [1.165, 1.54) is 0 Å². The molecule has 6 heteroatoms. The van der Waals surface area contributed by atoms with E-state index in [4.69, 9.17) is 9.63 Å². The van der Waals surface area contributed by atoms with Gasteiger partial charge in [-0.25, -0.2) is 0 Å². The summed E-state index contributed by atoms with van der Waals surface area (Å²) in [5.41, 5.74) is 1.80. The highest BCUT2D eigenvalue weighted by Crippen LogP contribution is 2.29. The Morgan fingerprint density at radius 3 is 2.60 bits per heavy atom. The van der Waals surface area contributed by atoms with Crippen LogP contribution < -0.4 is 5.32 Å². The van der Waals surface area contributed by atoms with Gasteiger partial charge in [0.2, 0.25) is 5.91 Å². The molecule has 0 radical (unpaired) electrons. The maximum Gasteiger partial charge on any atom is 0.306 e. The Kier molecular flexibility index (Phi) is 4.11. The number of carbonyl (C=O) groups is 2. The summed E-state index contributed by atoms with van der Waals surface area (Å²) in [5.74, 6) is -0.347. The van der Waals surface area contributed by atoms with Crippen LogP contribution in [0.5, 0.6) is 0 Å². The molecule has 1 saturated carbocycles. The van der Waals surface area contributed by atoms with E-state index in [2.05, 4.69) is 10.5 Å². The summed E-state index contributed by atoms with van der Waals surface area (Å²) in [5, 5.41) is 15.6. The fraction of sp³-hybridized carbons (Fsp3) is 0.643. The molecule has 0 spiro atoms. The zero-order chi connectivity index (χ0) is 14.9. The fourth-order valence-corrected chi connectivity index (χ4v) is 2.80. The van der Waals surface area contributed by atoms with Gasteiger partial charge in [-0.2, -0.15) is 0 Å². The van der Waals surface area contributed by atoms with E-state index < -0.39 is 5.97 Å². The second kappa shape index (κ2) is 5.64. The molecule has 1 fully saturated rings. The highest BCUT2D eigenvalue weighted by atomic mass is 16.5. The number of nitrogens with one attached hydrogen (secondary N) is 1. The van der Waals surface area contributed by atoms with Gasteiger partial charge >= 0.3 is 5.97 Å². The van der Waals surface area contributed by atoms with E-state index >= 15 is 0 Å². The third-order valence-electron chi connectivity index (χ3n) is 3.93. The van der Waals surface area contributed by atoms with E-state index in [0.717, 1.165) is 17.0 Å². The predicted molar refractivity (Wildman–Crippen MR) is 71.3 cm³/mol. The lowest BCUT2D eigenvalue weighted by Gasteiger charge is -2.33. The first kappa shape index (κ1) is 14.6. The van der Waals surface area contributed by atoms with Crippen molar-refractivity contribution < 1.29 is 19.2 Å². The van der Waals surface area contributed by atoms with E-state index in [1.54, 1.807) is 0 Å². The Balaban J connectivity index is 1.82. The summed E-state index contributed by atoms with van der Waals surface area (Å²) in [7, 11) is 0. The first-order chi connectivity index (χ1) is 9.38. The van der Waals surface area contributed by atoms with Crippen LogP contribution in [0.15, 0.2) is 4.52 Å². The number of hydrogen-bond acceptors (Lipinski definition) is 4. The van der Waals surface area contributed by atoms with Gasteiger partial charge in [-0.3, -0.25) is 9.59 Å². The minimum atomic E-state index is -0.778. The molecule has 2 rings (SSSR count). The standard InChI is InChI=1S/C14H20N2O4/c1-7(13-8(2)16-20-9(13)3)4-12(17)15-11-5-10(6-11)14(18)19/h7,10-11H,4-6H2,1-3H3,(H,15,17)(H,18,19). The molecule has 1 aliphatic carbocycles. The summed E-state index contributed by atoms with van der Waals surface area (Å²) in [4.78, 5) is 22.6. The van der Waals surface area contributed by atoms with Crippen molar-refractivity contribution in [1.29, 1.82) is 0 Å². The zero-order valence-corrected chi connectivity index (χ0v) is 12.0. The van der Waals surface area contributed by atoms with Gasteiger partial charge in [-0.15, -0.1) is 0 Å². The third kappa shape index (κ3) is 3.00. The number of rotatable bonds is 5. The average molecular weight is 280 g/mol. The minimum Gasteiger partial charge on any atom is -0.481 e. The van der Waals surface area contributed by atoms with Crippen LogP contribution >= 0.6 is 0 Å². The van der Waals surface area contributed by atoms with Crippen molar-refractivity contribution in [3.63, 3.8) is 0 Å². The van der Waals surface area contributed by atoms with Crippen LogP contribution in [-0.2, 0) is 9.59 Å². The molecular weight excluding hydrogens is 260 g/mol. The molecule has 1 heterocycles. The Bertz CT molecular complexity index is 498. The number of aromatic nitrogens is 1. The largest absolute Gasteiger partial charge is 0.481 e. The molecule has 1 amide bonds. The summed E-state index contributed by atoms with van der Waals surface area (Å²) in [6.45, 7) is 5.67. The smallest absolute Gasteiger partial charge is 0.306 e. The van der Waals surface area contributed by atoms with Crippen LogP contribution in [0.25, 0.3) is 0 Å². The topological polar surface area (TPSA) is 92.4 Å². The molecule has 0 saturated heterocycles. The number of hydrogen-bond donors (Lipinski definition) is 2. The first-order valence-electron chi connectivity index (χ1n) is 6.83. The van der Waals surface area contributed by atoms with Gasteiger partial charge in [-0.1, -0.05) is 12.1 Å². The van der Waals surface area contributed by atoms with Gasteiger partial charge in [0.05, 0.1) is 11.6 Å². The molecule has 20 heavy (non-hydrogen) atoms. The molecule has 110 valence electrons. The summed E-state index contributed by atoms with van der Waals surface area (Å²) in [6, 6.07) is 0.000434. The Hall–Kier alpha value is -1.85. The van der Waals surface area contributed by atoms with E-state index in [0.29, 0.717) is 19.3 Å². The van der Waals surface area contributed by atoms with Crippen molar-refractivity contribution in [3.8, 4) is 0 Å². The van der Waals surface area contributed by atoms with Gasteiger partial charge in [0.15, 0.2) is 0 Å². The zero-order valence-electron chi connectivity index (χ0n) is 12.0. The number of nitrogens with zero attached hydrogens (tertiary/aromatic N) is 1. The van der Waals surface area contributed by atoms with Gasteiger partial charge in [0.25, 0.3) is 0 Å². The first-order valence-corrected chi connectivity index (χ1v) is 6.83. The molecule has 0 bridgehead atoms. The van der Waals surface area contributed by atoms with Crippen molar-refractivity contribution in [1.82, 2.24) is 10.5 Å². The Morgan fingerprint density at radius 2 is 2.10 bits per heavy atom. The number of aryl methyl sites for hydroxylation is 2. The number of carbonyl (C=O) groups excluding carboxylic acids is 1. The van der Waals surface area contributed by atoms with Gasteiger partial charge < -0.3 is 14.9 Å². The van der Waals surface area contributed by atoms with Crippen LogP contribution in [0.4, 0.5) is 0 Å². The monoisotopic (exact) mass is 280 g/mol. The quantitative estimate of drug-likeness (QED) is 0.857. The van der Waals surface area contributed by atoms with Crippen LogP contribution in [0, 0.1) is 19.8 Å². The average Bonchev–Trinajstić information content (AvgIpc) is 2.62. The molecule has 0 aromatic carbocycles. The summed E-state index contributed by atoms with van der Waals surface area (Å²) >= 11 is 0. The number of aliphatic carboxylic acids is 1. The second-order valence-corrected chi connectivity index (χ2v) is 5.61. The summed E-state index contributed by atoms with van der Waals surface area (Å²) < 4.78 is 5.10. The second-order valence-electron chi connectivity index (χ2n) is 5.61. The van der Waals surface area contributed by atoms with Gasteiger partial charge in [-0.05, 0) is 32.6 Å². The van der Waals surface area contributed by atoms with Crippen molar-refractivity contribution in [2.45, 2.75) is 52.0 Å². The molecule has 0 aliphatic heterocycles. The van der Waals surface area contributed by atoms with Crippen LogP contribution in [0.1, 0.15) is 49.1 Å². The fourth-order valence-electron chi connectivity index (χ4n) is 2.80. The van der Waals surface area contributed by atoms with E-state index in [1.807, 2.05) is 20.8 Å². The van der Waals surface area contributed by atoms with Crippen molar-refractivity contribution in [2.75, 3.05) is 0 Å². The minimum absolute atomic E-state index is 0.000434. The molecule has 1 aromatic rings. The van der Waals surface area contributed by atoms with Gasteiger partial charge in [0, 0.05) is 18.0 Å². The molecular formula is C14H20N2O4. The normalized spacial score (nSPS) is 22.9. The lowest BCUT2D eigenvalue weighted by molar-refractivity contribution is -0.146. The maximum absolute atomic E-state index is 11.9. The highest BCUT2D eigenvalue weighted by Gasteiger charge is 2.35. The predicted octanol–water partition coefficient (Wildman–Crippen LogP) is 1.76. The maximum atomic E-state index is 11.9. The van der Waals surface area contributed by atoms with Crippen LogP contribution in [-0.4, -0.2) is 28.2 Å². The summed E-state index contributed by atoms with van der Waals surface area (Å²) in [6.07, 6.45) is 1.42. The lowest BCUT2D eigenvalue weighted by Crippen LogP contribution is -2.46. The Morgan fingerprint density at radius 1 is 1.45 bits per heavy atom. The van der Waals surface area contributed by atoms with Crippen LogP contribution in [0.2, 0.25) is 0 Å². The molecule has 6 nitrogen and oxygen atoms in total. The third-order valence-corrected chi connectivity index (χ3v) is 3.93. The van der Waals surface area contributed by atoms with Crippen molar-refractivity contribution in [3.05, 3.63) is 17.0 Å². The number of amides is 1. The molecule has 1 atom stereocenters. The van der Waals surface area contributed by atoms with E-state index in [9.17, 15) is 9.59 Å². The molecule has 1 aromatic heterocycles. The van der Waals surface area contributed by atoms with Crippen molar-refractivity contribution in [2.24, 2.45) is 5.92 Å². The van der Waals surface area contributed by atoms with E-state index in [-0.39, 0.29) is 23.8 Å². The molecule has 1 aliphatic rings. The van der Waals surface area contributed by atoms with Crippen molar-refractivity contribution >= 4 is 11.9 Å². The Labute approximate surface area is 117 Å². The van der Waals surface area contributed by atoms with Crippen LogP contribution in [0.3, 0.4) is 0 Å². The molecule has 1 unspecified atom stereocenters. The molecule has 2 N–H and O–H groups in total. The van der Waals surface area contributed by atoms with Gasteiger partial charge in [0.1, 0.15) is 5.76 Å². The lowest BCUT2D eigenvalue weighted by atomic mass is 9.80.